The van der Waals surface area contributed by atoms with Gasteiger partial charge >= 0.3 is 0 Å². The normalized spacial score (nSPS) is 12.8. The van der Waals surface area contributed by atoms with Crippen molar-refractivity contribution >= 4 is 11.6 Å². The molecule has 1 fully saturated rings. The van der Waals surface area contributed by atoms with E-state index in [2.05, 4.69) is 31.7 Å². The van der Waals surface area contributed by atoms with Crippen molar-refractivity contribution in [2.75, 3.05) is 25.6 Å². The number of nitrogens with zero attached hydrogens (tertiary/aromatic N) is 4. The lowest BCUT2D eigenvalue weighted by atomic mass is 10.1. The number of methoxy groups -OCH3 is 1. The fraction of sp³-hybridized carbons (Fsp3) is 0.320. The number of nitrogens with one attached hydrogen (secondary N) is 2. The first-order valence-corrected chi connectivity index (χ1v) is 11.0. The lowest BCUT2D eigenvalue weighted by molar-refractivity contribution is -0.117. The monoisotopic (exact) mass is 442 g/mol. The first-order valence-electron chi connectivity index (χ1n) is 11.0. The zero-order valence-electron chi connectivity index (χ0n) is 18.5. The van der Waals surface area contributed by atoms with Crippen LogP contribution >= 0.6 is 0 Å². The van der Waals surface area contributed by atoms with E-state index in [1.54, 1.807) is 25.4 Å². The number of aromatic nitrogens is 3. The number of anilines is 1. The van der Waals surface area contributed by atoms with Gasteiger partial charge in [-0.1, -0.05) is 12.1 Å². The van der Waals surface area contributed by atoms with Gasteiger partial charge < -0.3 is 15.4 Å². The number of ether oxygens (including phenoxy) is 1. The summed E-state index contributed by atoms with van der Waals surface area (Å²) in [5.74, 6) is 0.731. The van der Waals surface area contributed by atoms with E-state index in [0.29, 0.717) is 36.6 Å². The lowest BCUT2D eigenvalue weighted by Gasteiger charge is -2.09. The molecule has 1 aliphatic rings. The van der Waals surface area contributed by atoms with Crippen molar-refractivity contribution in [2.24, 2.45) is 5.92 Å². The molecule has 0 bridgehead atoms. The molecule has 0 atom stereocenters. The largest absolute Gasteiger partial charge is 0.383 e. The number of rotatable bonds is 10. The van der Waals surface area contributed by atoms with Gasteiger partial charge in [0.25, 0.3) is 0 Å². The predicted octanol–water partition coefficient (Wildman–Crippen LogP) is 3.09. The molecule has 1 aromatic carbocycles. The second kappa shape index (κ2) is 10.8. The second-order valence-corrected chi connectivity index (χ2v) is 8.00. The Hall–Kier alpha value is -3.67. The maximum absolute atomic E-state index is 12.1. The van der Waals surface area contributed by atoms with Gasteiger partial charge in [0, 0.05) is 50.5 Å². The number of hydrogen-bond acceptors (Lipinski definition) is 7. The van der Waals surface area contributed by atoms with E-state index in [0.717, 1.165) is 41.9 Å². The van der Waals surface area contributed by atoms with Gasteiger partial charge in [0.1, 0.15) is 11.9 Å². The molecule has 1 amide bonds. The van der Waals surface area contributed by atoms with Crippen molar-refractivity contribution in [3.63, 3.8) is 0 Å². The Bertz CT molecular complexity index is 1150. The van der Waals surface area contributed by atoms with Crippen molar-refractivity contribution in [2.45, 2.75) is 25.8 Å². The molecule has 1 saturated carbocycles. The Balaban J connectivity index is 1.43. The highest BCUT2D eigenvalue weighted by atomic mass is 16.5. The quantitative estimate of drug-likeness (QED) is 0.464. The van der Waals surface area contributed by atoms with Gasteiger partial charge in [-0.15, -0.1) is 0 Å². The summed E-state index contributed by atoms with van der Waals surface area (Å²) in [6.45, 7) is 2.13. The van der Waals surface area contributed by atoms with Crippen LogP contribution in [0.2, 0.25) is 0 Å². The fourth-order valence-electron chi connectivity index (χ4n) is 3.37. The van der Waals surface area contributed by atoms with E-state index in [9.17, 15) is 10.1 Å². The SMILES string of the molecule is COCCNCc1ccc(Cc2nccc(-c3ccc(NC(=O)C4CC4)c(C#N)c3)n2)cn1. The summed E-state index contributed by atoms with van der Waals surface area (Å²) in [4.78, 5) is 25.6. The molecule has 0 unspecified atom stereocenters. The summed E-state index contributed by atoms with van der Waals surface area (Å²) in [6.07, 6.45) is 5.94. The van der Waals surface area contributed by atoms with Crippen LogP contribution in [0.1, 0.15) is 35.5 Å². The molecule has 8 nitrogen and oxygen atoms in total. The summed E-state index contributed by atoms with van der Waals surface area (Å²) in [6, 6.07) is 13.4. The number of nitriles is 1. The molecule has 0 spiro atoms. The van der Waals surface area contributed by atoms with Gasteiger partial charge in [-0.25, -0.2) is 9.97 Å². The van der Waals surface area contributed by atoms with Gasteiger partial charge in [0.05, 0.1) is 29.2 Å². The van der Waals surface area contributed by atoms with Crippen LogP contribution in [0.25, 0.3) is 11.3 Å². The van der Waals surface area contributed by atoms with Gasteiger partial charge in [0.2, 0.25) is 5.91 Å². The average Bonchev–Trinajstić information content (AvgIpc) is 3.69. The topological polar surface area (TPSA) is 113 Å². The molecule has 3 aromatic rings. The highest BCUT2D eigenvalue weighted by Crippen LogP contribution is 2.31. The lowest BCUT2D eigenvalue weighted by Crippen LogP contribution is -2.19. The molecule has 4 rings (SSSR count). The minimum Gasteiger partial charge on any atom is -0.383 e. The summed E-state index contributed by atoms with van der Waals surface area (Å²) >= 11 is 0. The summed E-state index contributed by atoms with van der Waals surface area (Å²) in [5, 5.41) is 15.7. The van der Waals surface area contributed by atoms with Crippen LogP contribution in [0, 0.1) is 17.2 Å². The molecule has 2 aromatic heterocycles. The van der Waals surface area contributed by atoms with E-state index < -0.39 is 0 Å². The van der Waals surface area contributed by atoms with E-state index in [-0.39, 0.29) is 11.8 Å². The molecule has 0 saturated heterocycles. The smallest absolute Gasteiger partial charge is 0.227 e. The number of hydrogen-bond donors (Lipinski definition) is 2. The molecule has 8 heteroatoms. The van der Waals surface area contributed by atoms with Crippen molar-refractivity contribution in [1.29, 1.82) is 5.26 Å². The van der Waals surface area contributed by atoms with E-state index in [1.165, 1.54) is 0 Å². The molecule has 2 N–H and O–H groups in total. The summed E-state index contributed by atoms with van der Waals surface area (Å²) in [7, 11) is 1.68. The summed E-state index contributed by atoms with van der Waals surface area (Å²) < 4.78 is 5.02. The molecule has 0 radical (unpaired) electrons. The Morgan fingerprint density at radius 3 is 2.82 bits per heavy atom. The zero-order valence-corrected chi connectivity index (χ0v) is 18.5. The van der Waals surface area contributed by atoms with Gasteiger partial charge in [0.15, 0.2) is 0 Å². The average molecular weight is 443 g/mol. The first kappa shape index (κ1) is 22.5. The third-order valence-electron chi connectivity index (χ3n) is 5.38. The first-order chi connectivity index (χ1) is 16.2. The van der Waals surface area contributed by atoms with Crippen LogP contribution in [0.15, 0.2) is 48.8 Å². The maximum Gasteiger partial charge on any atom is 0.227 e. The van der Waals surface area contributed by atoms with Crippen molar-refractivity contribution in [3.8, 4) is 17.3 Å². The van der Waals surface area contributed by atoms with Crippen LogP contribution in [0.4, 0.5) is 5.69 Å². The maximum atomic E-state index is 12.1. The molecule has 0 aliphatic heterocycles. The van der Waals surface area contributed by atoms with Gasteiger partial charge in [-0.05, 0) is 42.7 Å². The number of amides is 1. The molecule has 168 valence electrons. The Morgan fingerprint density at radius 1 is 1.21 bits per heavy atom. The highest BCUT2D eigenvalue weighted by molar-refractivity contribution is 5.95. The molecular weight excluding hydrogens is 416 g/mol. The van der Waals surface area contributed by atoms with Gasteiger partial charge in [-0.2, -0.15) is 5.26 Å². The number of carbonyl (C=O) groups is 1. The molecule has 33 heavy (non-hydrogen) atoms. The van der Waals surface area contributed by atoms with E-state index in [1.807, 2.05) is 30.5 Å². The van der Waals surface area contributed by atoms with Crippen LogP contribution in [0.3, 0.4) is 0 Å². The van der Waals surface area contributed by atoms with Crippen LogP contribution in [-0.2, 0) is 22.5 Å². The number of benzene rings is 1. The van der Waals surface area contributed by atoms with Gasteiger partial charge in [-0.3, -0.25) is 9.78 Å². The van der Waals surface area contributed by atoms with Crippen LogP contribution < -0.4 is 10.6 Å². The standard InChI is InChI=1S/C25H26N6O2/c1-33-11-10-27-16-21-6-2-17(15-29-21)12-24-28-9-8-23(30-24)19-5-7-22(20(13-19)14-26)31-25(32)18-3-4-18/h2,5-9,13,15,18,27H,3-4,10-12,16H2,1H3,(H,31,32). The van der Waals surface area contributed by atoms with Crippen molar-refractivity contribution in [1.82, 2.24) is 20.3 Å². The van der Waals surface area contributed by atoms with Crippen molar-refractivity contribution < 1.29 is 9.53 Å². The predicted molar refractivity (Wildman–Crippen MR) is 124 cm³/mol. The second-order valence-electron chi connectivity index (χ2n) is 8.00. The van der Waals surface area contributed by atoms with E-state index >= 15 is 0 Å². The molecule has 1 aliphatic carbocycles. The third kappa shape index (κ3) is 6.19. The Morgan fingerprint density at radius 2 is 2.09 bits per heavy atom. The van der Waals surface area contributed by atoms with E-state index in [4.69, 9.17) is 4.74 Å². The zero-order chi connectivity index (χ0) is 23.0. The highest BCUT2D eigenvalue weighted by Gasteiger charge is 2.30. The number of pyridine rings is 1. The minimum atomic E-state index is -0.0195. The summed E-state index contributed by atoms with van der Waals surface area (Å²) in [5.41, 5.74) is 4.46. The fourth-order valence-corrected chi connectivity index (χ4v) is 3.37. The van der Waals surface area contributed by atoms with Crippen molar-refractivity contribution in [3.05, 3.63) is 71.4 Å². The third-order valence-corrected chi connectivity index (χ3v) is 5.38. The molecule has 2 heterocycles. The Kier molecular flexibility index (Phi) is 7.35. The van der Waals surface area contributed by atoms with Crippen LogP contribution in [0.5, 0.6) is 0 Å². The Labute approximate surface area is 193 Å². The molecular formula is C25H26N6O2. The van der Waals surface area contributed by atoms with Crippen LogP contribution in [-0.4, -0.2) is 41.1 Å². The number of carbonyl (C=O) groups excluding carboxylic acids is 1. The minimum absolute atomic E-state index is 0.0195.